The summed E-state index contributed by atoms with van der Waals surface area (Å²) in [7, 11) is 0. The molecule has 1 aromatic rings. The van der Waals surface area contributed by atoms with Crippen molar-refractivity contribution in [3.8, 4) is 0 Å². The molecule has 0 radical (unpaired) electrons. The molecule has 0 aliphatic carbocycles. The number of rotatable bonds is 2. The van der Waals surface area contributed by atoms with Crippen molar-refractivity contribution >= 4 is 44.2 Å². The molecule has 0 saturated heterocycles. The first-order valence-electron chi connectivity index (χ1n) is 3.21. The number of nitro groups is 1. The van der Waals surface area contributed by atoms with Crippen LogP contribution in [0.1, 0.15) is 12.0 Å². The van der Waals surface area contributed by atoms with E-state index >= 15 is 0 Å². The number of hydrogen-bond donors (Lipinski definition) is 0. The lowest BCUT2D eigenvalue weighted by Gasteiger charge is -2.04. The summed E-state index contributed by atoms with van der Waals surface area (Å²) in [6.07, 6.45) is -2.07. The number of nitrogens with zero attached hydrogens (tertiary/aromatic N) is 2. The highest BCUT2D eigenvalue weighted by Gasteiger charge is 2.26. The third kappa shape index (κ3) is 2.16. The lowest BCUT2D eigenvalue weighted by atomic mass is 10.2. The van der Waals surface area contributed by atoms with Crippen molar-refractivity contribution in [2.24, 2.45) is 0 Å². The Labute approximate surface area is 99.1 Å². The summed E-state index contributed by atoms with van der Waals surface area (Å²) in [6.45, 7) is 0. The van der Waals surface area contributed by atoms with Crippen LogP contribution in [0.4, 0.5) is 14.5 Å². The van der Waals surface area contributed by atoms with Gasteiger partial charge in [0.15, 0.2) is 0 Å². The van der Waals surface area contributed by atoms with Gasteiger partial charge in [0, 0.05) is 0 Å². The molecule has 0 saturated carbocycles. The van der Waals surface area contributed by atoms with E-state index in [1.807, 2.05) is 0 Å². The number of halogens is 4. The molecule has 0 fully saturated rings. The zero-order chi connectivity index (χ0) is 10.9. The molecule has 0 N–H and O–H groups in total. The quantitative estimate of drug-likeness (QED) is 0.343. The second-order valence-electron chi connectivity index (χ2n) is 2.22. The standard InChI is InChI=1S/C6H2BrF2IN2O2/c7-5-4(10)3(6(8)9)2(1-11-5)12(13)14/h1,6H. The minimum absolute atomic E-state index is 0.0619. The minimum Gasteiger partial charge on any atom is -0.258 e. The van der Waals surface area contributed by atoms with Gasteiger partial charge in [-0.3, -0.25) is 10.1 Å². The Morgan fingerprint density at radius 3 is 2.64 bits per heavy atom. The van der Waals surface area contributed by atoms with Crippen LogP contribution in [0.15, 0.2) is 10.8 Å². The van der Waals surface area contributed by atoms with E-state index in [4.69, 9.17) is 0 Å². The van der Waals surface area contributed by atoms with Crippen LogP contribution in [0.5, 0.6) is 0 Å². The maximum atomic E-state index is 12.5. The second kappa shape index (κ2) is 4.43. The van der Waals surface area contributed by atoms with E-state index in [0.29, 0.717) is 0 Å². The maximum absolute atomic E-state index is 12.5. The van der Waals surface area contributed by atoms with Crippen LogP contribution in [0.25, 0.3) is 0 Å². The Morgan fingerprint density at radius 2 is 2.21 bits per heavy atom. The summed E-state index contributed by atoms with van der Waals surface area (Å²) in [5, 5.41) is 10.4. The SMILES string of the molecule is O=[N+]([O-])c1cnc(Br)c(I)c1C(F)F. The molecule has 76 valence electrons. The normalized spacial score (nSPS) is 10.6. The lowest BCUT2D eigenvalue weighted by molar-refractivity contribution is -0.386. The summed E-state index contributed by atoms with van der Waals surface area (Å²) >= 11 is 4.51. The van der Waals surface area contributed by atoms with Crippen LogP contribution < -0.4 is 0 Å². The van der Waals surface area contributed by atoms with E-state index < -0.39 is 22.6 Å². The molecule has 8 heteroatoms. The van der Waals surface area contributed by atoms with Crippen molar-refractivity contribution in [3.05, 3.63) is 30.0 Å². The van der Waals surface area contributed by atoms with E-state index in [9.17, 15) is 18.9 Å². The first-order valence-corrected chi connectivity index (χ1v) is 5.08. The van der Waals surface area contributed by atoms with Gasteiger partial charge >= 0.3 is 0 Å². The Hall–Kier alpha value is -0.380. The van der Waals surface area contributed by atoms with Gasteiger partial charge in [-0.2, -0.15) is 0 Å². The average Bonchev–Trinajstić information content (AvgIpc) is 2.08. The number of aromatic nitrogens is 1. The van der Waals surface area contributed by atoms with Gasteiger partial charge < -0.3 is 0 Å². The molecule has 0 atom stereocenters. The van der Waals surface area contributed by atoms with Crippen LogP contribution in [-0.2, 0) is 0 Å². The van der Waals surface area contributed by atoms with Gasteiger partial charge in [-0.1, -0.05) is 0 Å². The molecule has 4 nitrogen and oxygen atoms in total. The zero-order valence-electron chi connectivity index (χ0n) is 6.38. The largest absolute Gasteiger partial charge is 0.297 e. The van der Waals surface area contributed by atoms with Crippen molar-refractivity contribution in [2.75, 3.05) is 0 Å². The highest BCUT2D eigenvalue weighted by Crippen LogP contribution is 2.35. The zero-order valence-corrected chi connectivity index (χ0v) is 10.1. The molecule has 0 unspecified atom stereocenters. The molecular weight excluding hydrogens is 377 g/mol. The van der Waals surface area contributed by atoms with Crippen LogP contribution in [0.2, 0.25) is 0 Å². The molecule has 1 rings (SSSR count). The molecule has 0 aromatic carbocycles. The third-order valence-electron chi connectivity index (χ3n) is 1.41. The van der Waals surface area contributed by atoms with Gasteiger partial charge in [-0.25, -0.2) is 13.8 Å². The van der Waals surface area contributed by atoms with Crippen molar-refractivity contribution < 1.29 is 13.7 Å². The fourth-order valence-electron chi connectivity index (χ4n) is 0.821. The van der Waals surface area contributed by atoms with Crippen molar-refractivity contribution in [3.63, 3.8) is 0 Å². The Kier molecular flexibility index (Phi) is 3.70. The Bertz CT molecular complexity index is 388. The average molecular weight is 379 g/mol. The van der Waals surface area contributed by atoms with Gasteiger partial charge in [-0.15, -0.1) is 0 Å². The van der Waals surface area contributed by atoms with Gasteiger partial charge in [-0.05, 0) is 38.5 Å². The molecule has 0 aliphatic rings. The van der Waals surface area contributed by atoms with Crippen molar-refractivity contribution in [2.45, 2.75) is 6.43 Å². The highest BCUT2D eigenvalue weighted by atomic mass is 127. The number of alkyl halides is 2. The molecule has 0 aliphatic heterocycles. The fraction of sp³-hybridized carbons (Fsp3) is 0.167. The minimum atomic E-state index is -2.89. The maximum Gasteiger partial charge on any atom is 0.297 e. The lowest BCUT2D eigenvalue weighted by Crippen LogP contribution is -2.01. The van der Waals surface area contributed by atoms with Gasteiger partial charge in [0.25, 0.3) is 12.1 Å². The van der Waals surface area contributed by atoms with Gasteiger partial charge in [0.2, 0.25) is 0 Å². The Balaban J connectivity index is 3.45. The smallest absolute Gasteiger partial charge is 0.258 e. The van der Waals surface area contributed by atoms with Crippen molar-refractivity contribution in [1.82, 2.24) is 4.98 Å². The van der Waals surface area contributed by atoms with E-state index in [0.717, 1.165) is 6.20 Å². The first-order chi connectivity index (χ1) is 6.45. The predicted molar refractivity (Wildman–Crippen MR) is 56.3 cm³/mol. The van der Waals surface area contributed by atoms with Crippen LogP contribution in [0, 0.1) is 13.7 Å². The third-order valence-corrected chi connectivity index (χ3v) is 3.84. The molecule has 1 heterocycles. The van der Waals surface area contributed by atoms with Crippen LogP contribution in [-0.4, -0.2) is 9.91 Å². The number of pyridine rings is 1. The summed E-state index contributed by atoms with van der Waals surface area (Å²) in [4.78, 5) is 13.1. The molecule has 0 bridgehead atoms. The Morgan fingerprint density at radius 1 is 1.64 bits per heavy atom. The highest BCUT2D eigenvalue weighted by molar-refractivity contribution is 14.1. The van der Waals surface area contributed by atoms with E-state index in [-0.39, 0.29) is 8.17 Å². The molecule has 14 heavy (non-hydrogen) atoms. The molecule has 0 spiro atoms. The van der Waals surface area contributed by atoms with E-state index in [1.54, 1.807) is 22.6 Å². The summed E-state index contributed by atoms with van der Waals surface area (Å²) in [5.41, 5.74) is -1.26. The van der Waals surface area contributed by atoms with Gasteiger partial charge in [0.1, 0.15) is 16.4 Å². The fourth-order valence-corrected chi connectivity index (χ4v) is 1.79. The number of hydrogen-bond acceptors (Lipinski definition) is 3. The summed E-state index contributed by atoms with van der Waals surface area (Å²) < 4.78 is 25.2. The first kappa shape index (κ1) is 11.7. The van der Waals surface area contributed by atoms with Gasteiger partial charge in [0.05, 0.1) is 8.49 Å². The van der Waals surface area contributed by atoms with Crippen molar-refractivity contribution in [1.29, 1.82) is 0 Å². The van der Waals surface area contributed by atoms with Crippen LogP contribution >= 0.6 is 38.5 Å². The molecule has 1 aromatic heterocycles. The second-order valence-corrected chi connectivity index (χ2v) is 4.05. The molecule has 0 amide bonds. The van der Waals surface area contributed by atoms with Crippen LogP contribution in [0.3, 0.4) is 0 Å². The monoisotopic (exact) mass is 378 g/mol. The topological polar surface area (TPSA) is 56.0 Å². The van der Waals surface area contributed by atoms with E-state index in [1.165, 1.54) is 0 Å². The predicted octanol–water partition coefficient (Wildman–Crippen LogP) is 3.29. The summed E-state index contributed by atoms with van der Waals surface area (Å²) in [5.74, 6) is 0. The van der Waals surface area contributed by atoms with E-state index in [2.05, 4.69) is 20.9 Å². The molecular formula is C6H2BrF2IN2O2. The summed E-state index contributed by atoms with van der Waals surface area (Å²) in [6, 6.07) is 0.